The molecule has 0 spiro atoms. The van der Waals surface area contributed by atoms with E-state index in [-0.39, 0.29) is 0 Å². The first-order valence-corrected chi connectivity index (χ1v) is 8.00. The Balaban J connectivity index is 1.65. The van der Waals surface area contributed by atoms with Gasteiger partial charge in [0.15, 0.2) is 0 Å². The molecule has 0 aliphatic heterocycles. The average molecular weight is 314 g/mol. The summed E-state index contributed by atoms with van der Waals surface area (Å²) in [5.41, 5.74) is 4.65. The van der Waals surface area contributed by atoms with Gasteiger partial charge in [-0.3, -0.25) is 4.98 Å². The maximum Gasteiger partial charge on any atom is 0.120 e. The number of ether oxygens (including phenoxy) is 1. The summed E-state index contributed by atoms with van der Waals surface area (Å²) < 4.78 is 8.17. The summed E-state index contributed by atoms with van der Waals surface area (Å²) in [7, 11) is 0. The first kappa shape index (κ1) is 14.5. The van der Waals surface area contributed by atoms with Crippen LogP contribution in [0.5, 0.6) is 5.75 Å². The molecule has 2 aromatic carbocycles. The molecule has 0 unspecified atom stereocenters. The van der Waals surface area contributed by atoms with Crippen LogP contribution in [0.4, 0.5) is 0 Å². The molecule has 0 aliphatic rings. The molecule has 118 valence electrons. The topological polar surface area (TPSA) is 27.1 Å². The van der Waals surface area contributed by atoms with Crippen molar-refractivity contribution in [1.29, 1.82) is 0 Å². The van der Waals surface area contributed by atoms with E-state index in [0.29, 0.717) is 6.61 Å². The van der Waals surface area contributed by atoms with Crippen LogP contribution in [0.25, 0.3) is 16.6 Å². The van der Waals surface area contributed by atoms with Crippen molar-refractivity contribution in [1.82, 2.24) is 9.55 Å². The second kappa shape index (κ2) is 6.20. The predicted molar refractivity (Wildman–Crippen MR) is 96.6 cm³/mol. The molecule has 0 aliphatic carbocycles. The van der Waals surface area contributed by atoms with Gasteiger partial charge in [0.1, 0.15) is 12.4 Å². The predicted octanol–water partition coefficient (Wildman–Crippen LogP) is 4.91. The van der Waals surface area contributed by atoms with Gasteiger partial charge in [-0.1, -0.05) is 30.3 Å². The molecule has 0 fully saturated rings. The minimum Gasteiger partial charge on any atom is -0.489 e. The molecule has 0 atom stereocenters. The lowest BCUT2D eigenvalue weighted by molar-refractivity contribution is 0.306. The van der Waals surface area contributed by atoms with Crippen molar-refractivity contribution in [2.45, 2.75) is 13.5 Å². The van der Waals surface area contributed by atoms with Crippen molar-refractivity contribution >= 4 is 10.9 Å². The third-order valence-electron chi connectivity index (χ3n) is 4.13. The molecule has 0 saturated carbocycles. The molecule has 0 N–H and O–H groups in total. The fourth-order valence-corrected chi connectivity index (χ4v) is 3.00. The van der Waals surface area contributed by atoms with Gasteiger partial charge in [-0.05, 0) is 48.9 Å². The highest BCUT2D eigenvalue weighted by molar-refractivity contribution is 5.84. The molecule has 0 bridgehead atoms. The van der Waals surface area contributed by atoms with Gasteiger partial charge in [0.25, 0.3) is 0 Å². The number of aromatic nitrogens is 2. The summed E-state index contributed by atoms with van der Waals surface area (Å²) >= 11 is 0. The van der Waals surface area contributed by atoms with Gasteiger partial charge < -0.3 is 9.30 Å². The van der Waals surface area contributed by atoms with Crippen LogP contribution in [-0.2, 0) is 6.61 Å². The molecule has 4 aromatic rings. The standard InChI is InChI=1S/C21H18N2O/c1-16-13-18-14-20(24-15-17-5-3-2-4-6-17)7-8-21(18)23(16)19-9-11-22-12-10-19/h2-14H,15H2,1H3. The fourth-order valence-electron chi connectivity index (χ4n) is 3.00. The lowest BCUT2D eigenvalue weighted by Gasteiger charge is -2.09. The van der Waals surface area contributed by atoms with Gasteiger partial charge >= 0.3 is 0 Å². The number of hydrogen-bond donors (Lipinski definition) is 0. The minimum atomic E-state index is 0.580. The number of benzene rings is 2. The largest absolute Gasteiger partial charge is 0.489 e. The summed E-state index contributed by atoms with van der Waals surface area (Å²) in [5.74, 6) is 0.887. The van der Waals surface area contributed by atoms with E-state index in [9.17, 15) is 0 Å². The molecule has 2 heterocycles. The van der Waals surface area contributed by atoms with E-state index in [1.54, 1.807) is 0 Å². The Morgan fingerprint density at radius 2 is 1.71 bits per heavy atom. The smallest absolute Gasteiger partial charge is 0.120 e. The van der Waals surface area contributed by atoms with Crippen LogP contribution in [0.2, 0.25) is 0 Å². The third-order valence-corrected chi connectivity index (χ3v) is 4.13. The van der Waals surface area contributed by atoms with E-state index >= 15 is 0 Å². The minimum absolute atomic E-state index is 0.580. The zero-order valence-electron chi connectivity index (χ0n) is 13.5. The second-order valence-electron chi connectivity index (χ2n) is 5.82. The van der Waals surface area contributed by atoms with Gasteiger partial charge in [0.05, 0.1) is 5.52 Å². The van der Waals surface area contributed by atoms with E-state index in [4.69, 9.17) is 4.74 Å². The summed E-state index contributed by atoms with van der Waals surface area (Å²) in [6.45, 7) is 2.70. The maximum atomic E-state index is 5.94. The molecule has 4 rings (SSSR count). The fraction of sp³-hybridized carbons (Fsp3) is 0.0952. The van der Waals surface area contributed by atoms with Gasteiger partial charge in [0, 0.05) is 29.2 Å². The first-order chi connectivity index (χ1) is 11.8. The molecular weight excluding hydrogens is 296 g/mol. The normalized spacial score (nSPS) is 10.9. The molecule has 3 heteroatoms. The SMILES string of the molecule is Cc1cc2cc(OCc3ccccc3)ccc2n1-c1ccncc1. The Morgan fingerprint density at radius 3 is 2.50 bits per heavy atom. The Hall–Kier alpha value is -3.07. The Bertz CT molecular complexity index is 959. The van der Waals surface area contributed by atoms with Crippen LogP contribution < -0.4 is 4.74 Å². The highest BCUT2D eigenvalue weighted by atomic mass is 16.5. The zero-order valence-corrected chi connectivity index (χ0v) is 13.5. The van der Waals surface area contributed by atoms with Crippen molar-refractivity contribution in [3.8, 4) is 11.4 Å². The molecular formula is C21H18N2O. The summed E-state index contributed by atoms with van der Waals surface area (Å²) in [6.07, 6.45) is 3.63. The molecule has 3 nitrogen and oxygen atoms in total. The molecule has 0 amide bonds. The molecule has 0 saturated heterocycles. The highest BCUT2D eigenvalue weighted by Crippen LogP contribution is 2.27. The van der Waals surface area contributed by atoms with Crippen molar-refractivity contribution in [2.75, 3.05) is 0 Å². The maximum absolute atomic E-state index is 5.94. The Labute approximate surface area is 141 Å². The van der Waals surface area contributed by atoms with Gasteiger partial charge in [0.2, 0.25) is 0 Å². The van der Waals surface area contributed by atoms with Crippen LogP contribution in [0.3, 0.4) is 0 Å². The summed E-state index contributed by atoms with van der Waals surface area (Å²) in [4.78, 5) is 4.10. The van der Waals surface area contributed by atoms with Crippen LogP contribution in [0, 0.1) is 6.92 Å². The van der Waals surface area contributed by atoms with Gasteiger partial charge in [-0.15, -0.1) is 0 Å². The van der Waals surface area contributed by atoms with Crippen LogP contribution >= 0.6 is 0 Å². The molecule has 2 aromatic heterocycles. The highest BCUT2D eigenvalue weighted by Gasteiger charge is 2.08. The van der Waals surface area contributed by atoms with Crippen LogP contribution in [0.15, 0.2) is 79.1 Å². The number of rotatable bonds is 4. The Morgan fingerprint density at radius 1 is 0.917 bits per heavy atom. The molecule has 0 radical (unpaired) electrons. The van der Waals surface area contributed by atoms with E-state index in [2.05, 4.69) is 46.8 Å². The van der Waals surface area contributed by atoms with E-state index < -0.39 is 0 Å². The summed E-state index contributed by atoms with van der Waals surface area (Å²) in [6, 6.07) is 22.7. The number of fused-ring (bicyclic) bond motifs is 1. The van der Waals surface area contributed by atoms with E-state index in [0.717, 1.165) is 11.4 Å². The second-order valence-corrected chi connectivity index (χ2v) is 5.82. The van der Waals surface area contributed by atoms with Crippen molar-refractivity contribution in [3.05, 3.63) is 90.4 Å². The van der Waals surface area contributed by atoms with Crippen molar-refractivity contribution in [2.24, 2.45) is 0 Å². The monoisotopic (exact) mass is 314 g/mol. The number of aryl methyl sites for hydroxylation is 1. The number of pyridine rings is 1. The first-order valence-electron chi connectivity index (χ1n) is 8.00. The Kier molecular flexibility index (Phi) is 3.75. The zero-order chi connectivity index (χ0) is 16.4. The van der Waals surface area contributed by atoms with E-state index in [1.807, 2.05) is 48.8 Å². The lowest BCUT2D eigenvalue weighted by Crippen LogP contribution is -1.97. The number of nitrogens with zero attached hydrogens (tertiary/aromatic N) is 2. The van der Waals surface area contributed by atoms with Crippen molar-refractivity contribution < 1.29 is 4.74 Å². The molecule has 24 heavy (non-hydrogen) atoms. The van der Waals surface area contributed by atoms with Crippen molar-refractivity contribution in [3.63, 3.8) is 0 Å². The number of hydrogen-bond acceptors (Lipinski definition) is 2. The van der Waals surface area contributed by atoms with Crippen LogP contribution in [-0.4, -0.2) is 9.55 Å². The van der Waals surface area contributed by atoms with E-state index in [1.165, 1.54) is 22.2 Å². The summed E-state index contributed by atoms with van der Waals surface area (Å²) in [5, 5.41) is 1.18. The quantitative estimate of drug-likeness (QED) is 0.535. The van der Waals surface area contributed by atoms with Gasteiger partial charge in [-0.2, -0.15) is 0 Å². The van der Waals surface area contributed by atoms with Gasteiger partial charge in [-0.25, -0.2) is 0 Å². The lowest BCUT2D eigenvalue weighted by atomic mass is 10.2. The third kappa shape index (κ3) is 2.76. The average Bonchev–Trinajstić information content (AvgIpc) is 2.96. The van der Waals surface area contributed by atoms with Crippen LogP contribution in [0.1, 0.15) is 11.3 Å².